The number of carboxylic acids is 1. The highest BCUT2D eigenvalue weighted by Crippen LogP contribution is 2.31. The first-order chi connectivity index (χ1) is 9.98. The van der Waals surface area contributed by atoms with Crippen LogP contribution >= 0.6 is 11.6 Å². The van der Waals surface area contributed by atoms with Gasteiger partial charge in [0.25, 0.3) is 0 Å². The van der Waals surface area contributed by atoms with E-state index in [0.29, 0.717) is 17.2 Å². The van der Waals surface area contributed by atoms with E-state index in [1.807, 2.05) is 0 Å². The molecule has 0 radical (unpaired) electrons. The Labute approximate surface area is 128 Å². The van der Waals surface area contributed by atoms with Crippen molar-refractivity contribution < 1.29 is 24.2 Å². The van der Waals surface area contributed by atoms with Gasteiger partial charge in [-0.1, -0.05) is 23.7 Å². The van der Waals surface area contributed by atoms with Gasteiger partial charge in [0.2, 0.25) is 0 Å². The number of aliphatic carboxylic acids is 1. The van der Waals surface area contributed by atoms with Crippen LogP contribution in [0.4, 0.5) is 0 Å². The van der Waals surface area contributed by atoms with E-state index in [1.54, 1.807) is 26.0 Å². The van der Waals surface area contributed by atoms with Crippen LogP contribution in [-0.4, -0.2) is 36.9 Å². The molecule has 0 aliphatic heterocycles. The third-order valence-corrected chi connectivity index (χ3v) is 3.40. The minimum atomic E-state index is -1.78. The quantitative estimate of drug-likeness (QED) is 0.453. The number of esters is 1. The van der Waals surface area contributed by atoms with E-state index in [-0.39, 0.29) is 19.6 Å². The summed E-state index contributed by atoms with van der Waals surface area (Å²) in [6, 6.07) is 6.15. The fraction of sp³-hybridized carbons (Fsp3) is 0.467. The Morgan fingerprint density at radius 3 is 2.29 bits per heavy atom. The molecular formula is C15H19ClO5. The van der Waals surface area contributed by atoms with Crippen molar-refractivity contribution in [3.05, 3.63) is 34.9 Å². The number of hydrogen-bond donors (Lipinski definition) is 1. The second-order valence-corrected chi connectivity index (χ2v) is 4.82. The van der Waals surface area contributed by atoms with Crippen LogP contribution in [0, 0.1) is 0 Å². The molecule has 1 atom stereocenters. The number of halogens is 1. The van der Waals surface area contributed by atoms with E-state index in [4.69, 9.17) is 21.1 Å². The van der Waals surface area contributed by atoms with E-state index >= 15 is 0 Å². The summed E-state index contributed by atoms with van der Waals surface area (Å²) >= 11 is 5.82. The van der Waals surface area contributed by atoms with Crippen molar-refractivity contribution in [2.75, 3.05) is 19.8 Å². The van der Waals surface area contributed by atoms with Crippen LogP contribution in [0.25, 0.3) is 0 Å². The first-order valence-electron chi connectivity index (χ1n) is 6.73. The molecule has 0 aliphatic rings. The zero-order valence-corrected chi connectivity index (χ0v) is 12.9. The minimum absolute atomic E-state index is 0.00333. The van der Waals surface area contributed by atoms with Gasteiger partial charge in [0.15, 0.2) is 5.41 Å². The van der Waals surface area contributed by atoms with Gasteiger partial charge in [0.05, 0.1) is 6.61 Å². The molecular weight excluding hydrogens is 296 g/mol. The average molecular weight is 315 g/mol. The van der Waals surface area contributed by atoms with E-state index in [1.165, 1.54) is 12.1 Å². The lowest BCUT2D eigenvalue weighted by atomic mass is 9.77. The lowest BCUT2D eigenvalue weighted by Gasteiger charge is -2.27. The summed E-state index contributed by atoms with van der Waals surface area (Å²) in [5.41, 5.74) is -1.45. The third kappa shape index (κ3) is 3.95. The number of carboxylic acid groups (broad SMARTS) is 1. The summed E-state index contributed by atoms with van der Waals surface area (Å²) in [5.74, 6) is -2.05. The van der Waals surface area contributed by atoms with Gasteiger partial charge in [-0.05, 0) is 31.5 Å². The van der Waals surface area contributed by atoms with E-state index in [9.17, 15) is 14.7 Å². The molecule has 0 amide bonds. The molecule has 0 saturated carbocycles. The van der Waals surface area contributed by atoms with Crippen molar-refractivity contribution in [3.8, 4) is 0 Å². The lowest BCUT2D eigenvalue weighted by Crippen LogP contribution is -2.46. The molecule has 1 aromatic rings. The predicted molar refractivity (Wildman–Crippen MR) is 78.5 cm³/mol. The summed E-state index contributed by atoms with van der Waals surface area (Å²) in [7, 11) is 0. The topological polar surface area (TPSA) is 72.8 Å². The first-order valence-corrected chi connectivity index (χ1v) is 7.11. The number of hydrogen-bond acceptors (Lipinski definition) is 4. The third-order valence-electron chi connectivity index (χ3n) is 3.15. The molecule has 1 rings (SSSR count). The number of carbonyl (C=O) groups is 2. The highest BCUT2D eigenvalue weighted by atomic mass is 35.5. The van der Waals surface area contributed by atoms with E-state index in [0.717, 1.165) is 0 Å². The van der Waals surface area contributed by atoms with Crippen molar-refractivity contribution in [2.45, 2.75) is 25.7 Å². The molecule has 21 heavy (non-hydrogen) atoms. The maximum Gasteiger partial charge on any atom is 0.328 e. The SMILES string of the molecule is CCOCCC(C(=O)O)(C(=O)OCC)c1ccc(Cl)cc1. The zero-order valence-electron chi connectivity index (χ0n) is 12.1. The number of carbonyl (C=O) groups excluding carboxylic acids is 1. The van der Waals surface area contributed by atoms with E-state index < -0.39 is 17.4 Å². The molecule has 5 nitrogen and oxygen atoms in total. The Balaban J connectivity index is 3.25. The average Bonchev–Trinajstić information content (AvgIpc) is 2.45. The first kappa shape index (κ1) is 17.5. The Hall–Kier alpha value is -1.59. The summed E-state index contributed by atoms with van der Waals surface area (Å²) in [6.07, 6.45) is -0.00333. The minimum Gasteiger partial charge on any atom is -0.480 e. The summed E-state index contributed by atoms with van der Waals surface area (Å²) in [6.45, 7) is 4.13. The smallest absolute Gasteiger partial charge is 0.328 e. The van der Waals surface area contributed by atoms with Crippen molar-refractivity contribution in [2.24, 2.45) is 0 Å². The van der Waals surface area contributed by atoms with Gasteiger partial charge in [-0.15, -0.1) is 0 Å². The van der Waals surface area contributed by atoms with Crippen LogP contribution in [-0.2, 0) is 24.5 Å². The second kappa shape index (κ2) is 8.00. The molecule has 0 heterocycles. The van der Waals surface area contributed by atoms with Gasteiger partial charge < -0.3 is 14.6 Å². The fourth-order valence-electron chi connectivity index (χ4n) is 2.04. The molecule has 1 unspecified atom stereocenters. The van der Waals surface area contributed by atoms with E-state index in [2.05, 4.69) is 0 Å². The van der Waals surface area contributed by atoms with Gasteiger partial charge in [0, 0.05) is 24.7 Å². The molecule has 0 fully saturated rings. The highest BCUT2D eigenvalue weighted by molar-refractivity contribution is 6.30. The summed E-state index contributed by atoms with van der Waals surface area (Å²) in [4.78, 5) is 24.1. The van der Waals surface area contributed by atoms with Crippen LogP contribution in [0.5, 0.6) is 0 Å². The van der Waals surface area contributed by atoms with Crippen LogP contribution in [0.1, 0.15) is 25.8 Å². The normalized spacial score (nSPS) is 13.5. The van der Waals surface area contributed by atoms with Gasteiger partial charge in [0.1, 0.15) is 0 Å². The van der Waals surface area contributed by atoms with Crippen molar-refractivity contribution in [1.29, 1.82) is 0 Å². The Morgan fingerprint density at radius 1 is 1.19 bits per heavy atom. The van der Waals surface area contributed by atoms with Crippen LogP contribution in [0.2, 0.25) is 5.02 Å². The molecule has 1 N–H and O–H groups in total. The number of ether oxygens (including phenoxy) is 2. The standard InChI is InChI=1S/C15H19ClO5/c1-3-20-10-9-15(13(17)18,14(19)21-4-2)11-5-7-12(16)8-6-11/h5-8H,3-4,9-10H2,1-2H3,(H,17,18). The fourth-order valence-corrected chi connectivity index (χ4v) is 2.17. The van der Waals surface area contributed by atoms with Crippen molar-refractivity contribution in [1.82, 2.24) is 0 Å². The largest absolute Gasteiger partial charge is 0.480 e. The molecule has 0 spiro atoms. The molecule has 6 heteroatoms. The molecule has 0 aliphatic carbocycles. The summed E-state index contributed by atoms with van der Waals surface area (Å²) in [5, 5.41) is 10.1. The lowest BCUT2D eigenvalue weighted by molar-refractivity contribution is -0.162. The molecule has 116 valence electrons. The number of rotatable bonds is 8. The van der Waals surface area contributed by atoms with Gasteiger partial charge >= 0.3 is 11.9 Å². The maximum absolute atomic E-state index is 12.3. The maximum atomic E-state index is 12.3. The second-order valence-electron chi connectivity index (χ2n) is 4.38. The highest BCUT2D eigenvalue weighted by Gasteiger charge is 2.49. The Kier molecular flexibility index (Phi) is 6.65. The van der Waals surface area contributed by atoms with Crippen molar-refractivity contribution in [3.63, 3.8) is 0 Å². The zero-order chi connectivity index (χ0) is 15.9. The Bertz CT molecular complexity index is 485. The van der Waals surface area contributed by atoms with Crippen molar-refractivity contribution >= 4 is 23.5 Å². The predicted octanol–water partition coefficient (Wildman–Crippen LogP) is 2.65. The molecule has 1 aromatic carbocycles. The summed E-state index contributed by atoms with van der Waals surface area (Å²) < 4.78 is 10.2. The van der Waals surface area contributed by atoms with Crippen LogP contribution in [0.15, 0.2) is 24.3 Å². The van der Waals surface area contributed by atoms with Gasteiger partial charge in [-0.2, -0.15) is 0 Å². The molecule has 0 saturated heterocycles. The molecule has 0 aromatic heterocycles. The monoisotopic (exact) mass is 314 g/mol. The molecule has 0 bridgehead atoms. The number of benzene rings is 1. The van der Waals surface area contributed by atoms with Gasteiger partial charge in [-0.25, -0.2) is 0 Å². The van der Waals surface area contributed by atoms with Crippen LogP contribution in [0.3, 0.4) is 0 Å². The Morgan fingerprint density at radius 2 is 1.81 bits per heavy atom. The van der Waals surface area contributed by atoms with Crippen LogP contribution < -0.4 is 0 Å². The van der Waals surface area contributed by atoms with Gasteiger partial charge in [-0.3, -0.25) is 9.59 Å².